The fraction of sp³-hybridized carbons (Fsp3) is 0.125. The minimum atomic E-state index is -3.98. The monoisotopic (exact) mass is 452 g/mol. The molecule has 0 N–H and O–H groups in total. The van der Waals surface area contributed by atoms with Gasteiger partial charge in [-0.15, -0.1) is 0 Å². The summed E-state index contributed by atoms with van der Waals surface area (Å²) in [6, 6.07) is 19.9. The third-order valence-electron chi connectivity index (χ3n) is 4.52. The van der Waals surface area contributed by atoms with Gasteiger partial charge in [0, 0.05) is 16.7 Å². The highest BCUT2D eigenvalue weighted by atomic mass is 31.2. The van der Waals surface area contributed by atoms with Gasteiger partial charge in [-0.05, 0) is 16.7 Å². The summed E-state index contributed by atoms with van der Waals surface area (Å²) in [5.74, 6) is 0. The van der Waals surface area contributed by atoms with Crippen molar-refractivity contribution in [1.29, 1.82) is 0 Å². The molecule has 0 radical (unpaired) electrons. The normalized spacial score (nSPS) is 11.1. The first-order valence-electron chi connectivity index (χ1n) is 9.69. The maximum absolute atomic E-state index is 13.3. The van der Waals surface area contributed by atoms with Gasteiger partial charge in [0.25, 0.3) is 0 Å². The van der Waals surface area contributed by atoms with Crippen LogP contribution in [0.5, 0.6) is 0 Å². The summed E-state index contributed by atoms with van der Waals surface area (Å²) >= 11 is 0. The molecule has 0 amide bonds. The second-order valence-electron chi connectivity index (χ2n) is 6.85. The zero-order valence-corrected chi connectivity index (χ0v) is 18.0. The molecule has 32 heavy (non-hydrogen) atoms. The standard InChI is InChI=1S/C24H21O7P/c25-13-19-1-7-22(8-2-19)16-29-32(28,30-17-23-9-3-20(14-26)4-10-23)31-18-24-11-5-21(15-27)6-12-24/h1-15H,16-18H2. The lowest BCUT2D eigenvalue weighted by Crippen LogP contribution is -2.02. The van der Waals surface area contributed by atoms with Gasteiger partial charge in [0.15, 0.2) is 0 Å². The number of benzene rings is 3. The van der Waals surface area contributed by atoms with E-state index in [2.05, 4.69) is 0 Å². The van der Waals surface area contributed by atoms with E-state index >= 15 is 0 Å². The first kappa shape index (κ1) is 23.4. The van der Waals surface area contributed by atoms with Crippen LogP contribution in [0.2, 0.25) is 0 Å². The van der Waals surface area contributed by atoms with Crippen LogP contribution in [0.15, 0.2) is 72.8 Å². The first-order valence-corrected chi connectivity index (χ1v) is 11.2. The van der Waals surface area contributed by atoms with Gasteiger partial charge in [0.1, 0.15) is 18.9 Å². The summed E-state index contributed by atoms with van der Waals surface area (Å²) in [6.45, 7) is -0.153. The molecule has 0 saturated carbocycles. The molecule has 0 fully saturated rings. The van der Waals surface area contributed by atoms with Crippen molar-refractivity contribution >= 4 is 26.7 Å². The van der Waals surface area contributed by atoms with E-state index in [1.165, 1.54) is 0 Å². The molecule has 0 atom stereocenters. The highest BCUT2D eigenvalue weighted by Gasteiger charge is 2.27. The molecule has 0 aliphatic rings. The van der Waals surface area contributed by atoms with Crippen LogP contribution in [-0.4, -0.2) is 18.9 Å². The summed E-state index contributed by atoms with van der Waals surface area (Å²) in [4.78, 5) is 32.4. The lowest BCUT2D eigenvalue weighted by molar-refractivity contribution is 0.0976. The molecule has 7 nitrogen and oxygen atoms in total. The van der Waals surface area contributed by atoms with Crippen LogP contribution in [-0.2, 0) is 38.0 Å². The van der Waals surface area contributed by atoms with Gasteiger partial charge in [-0.3, -0.25) is 28.0 Å². The van der Waals surface area contributed by atoms with Crippen LogP contribution < -0.4 is 0 Å². The Morgan fingerprint density at radius 2 is 0.750 bits per heavy atom. The van der Waals surface area contributed by atoms with E-state index in [1.807, 2.05) is 0 Å². The Kier molecular flexibility index (Phi) is 8.36. The van der Waals surface area contributed by atoms with Gasteiger partial charge >= 0.3 is 7.82 Å². The van der Waals surface area contributed by atoms with Crippen LogP contribution >= 0.6 is 7.82 Å². The molecule has 164 valence electrons. The van der Waals surface area contributed by atoms with Crippen molar-refractivity contribution in [2.75, 3.05) is 0 Å². The van der Waals surface area contributed by atoms with Crippen molar-refractivity contribution in [2.45, 2.75) is 19.8 Å². The smallest absolute Gasteiger partial charge is 0.298 e. The molecule has 0 aromatic heterocycles. The van der Waals surface area contributed by atoms with Gasteiger partial charge in [0.2, 0.25) is 0 Å². The maximum Gasteiger partial charge on any atom is 0.475 e. The lowest BCUT2D eigenvalue weighted by Gasteiger charge is -2.18. The predicted molar refractivity (Wildman–Crippen MR) is 117 cm³/mol. The summed E-state index contributed by atoms with van der Waals surface area (Å²) in [5.41, 5.74) is 3.61. The topological polar surface area (TPSA) is 96.0 Å². The van der Waals surface area contributed by atoms with Crippen molar-refractivity contribution in [3.05, 3.63) is 106 Å². The molecular weight excluding hydrogens is 431 g/mol. The third kappa shape index (κ3) is 6.90. The molecule has 8 heteroatoms. The average molecular weight is 452 g/mol. The van der Waals surface area contributed by atoms with Crippen LogP contribution in [0, 0.1) is 0 Å². The summed E-state index contributed by atoms with van der Waals surface area (Å²) in [6.07, 6.45) is 2.19. The van der Waals surface area contributed by atoms with Crippen molar-refractivity contribution in [3.8, 4) is 0 Å². The second kappa shape index (κ2) is 11.4. The van der Waals surface area contributed by atoms with Gasteiger partial charge < -0.3 is 0 Å². The SMILES string of the molecule is O=Cc1ccc(COP(=O)(OCc2ccc(C=O)cc2)OCc2ccc(C=O)cc2)cc1. The van der Waals surface area contributed by atoms with Crippen molar-refractivity contribution in [3.63, 3.8) is 0 Å². The molecule has 0 aliphatic heterocycles. The summed E-state index contributed by atoms with van der Waals surface area (Å²) in [5, 5.41) is 0. The van der Waals surface area contributed by atoms with Crippen molar-refractivity contribution < 1.29 is 32.5 Å². The van der Waals surface area contributed by atoms with E-state index in [0.717, 1.165) is 18.9 Å². The van der Waals surface area contributed by atoms with E-state index in [-0.39, 0.29) is 19.8 Å². The molecular formula is C24H21O7P. The summed E-state index contributed by atoms with van der Waals surface area (Å²) < 4.78 is 29.9. The predicted octanol–water partition coefficient (Wildman–Crippen LogP) is 5.18. The highest BCUT2D eigenvalue weighted by molar-refractivity contribution is 7.48. The first-order chi connectivity index (χ1) is 15.5. The highest BCUT2D eigenvalue weighted by Crippen LogP contribution is 2.51. The number of carbonyl (C=O) groups excluding carboxylic acids is 3. The third-order valence-corrected chi connectivity index (χ3v) is 5.85. The number of aldehydes is 3. The Balaban J connectivity index is 1.69. The van der Waals surface area contributed by atoms with E-state index in [0.29, 0.717) is 33.4 Å². The maximum atomic E-state index is 13.3. The molecule has 0 saturated heterocycles. The van der Waals surface area contributed by atoms with Crippen LogP contribution in [0.1, 0.15) is 47.8 Å². The Bertz CT molecular complexity index is 949. The number of hydrogen-bond acceptors (Lipinski definition) is 7. The Morgan fingerprint density at radius 3 is 0.969 bits per heavy atom. The number of phosphoric ester groups is 1. The number of rotatable bonds is 12. The van der Waals surface area contributed by atoms with Crippen LogP contribution in [0.3, 0.4) is 0 Å². The molecule has 3 aromatic rings. The van der Waals surface area contributed by atoms with Gasteiger partial charge in [0.05, 0.1) is 19.8 Å². The van der Waals surface area contributed by atoms with Gasteiger partial charge in [-0.2, -0.15) is 0 Å². The fourth-order valence-corrected chi connectivity index (χ4v) is 3.80. The Morgan fingerprint density at radius 1 is 0.500 bits per heavy atom. The van der Waals surface area contributed by atoms with Gasteiger partial charge in [-0.1, -0.05) is 72.8 Å². The van der Waals surface area contributed by atoms with E-state index in [4.69, 9.17) is 13.6 Å². The molecule has 0 heterocycles. The zero-order valence-electron chi connectivity index (χ0n) is 17.1. The Labute approximate surface area is 185 Å². The summed E-state index contributed by atoms with van der Waals surface area (Å²) in [7, 11) is -3.98. The lowest BCUT2D eigenvalue weighted by atomic mass is 10.2. The Hall–Kier alpha value is -3.22. The van der Waals surface area contributed by atoms with Crippen LogP contribution in [0.25, 0.3) is 0 Å². The second-order valence-corrected chi connectivity index (χ2v) is 8.51. The van der Waals surface area contributed by atoms with E-state index in [1.54, 1.807) is 72.8 Å². The van der Waals surface area contributed by atoms with Crippen LogP contribution in [0.4, 0.5) is 0 Å². The minimum absolute atomic E-state index is 0.0510. The molecule has 0 unspecified atom stereocenters. The van der Waals surface area contributed by atoms with Crippen molar-refractivity contribution in [2.24, 2.45) is 0 Å². The number of hydrogen-bond donors (Lipinski definition) is 0. The minimum Gasteiger partial charge on any atom is -0.298 e. The molecule has 0 bridgehead atoms. The van der Waals surface area contributed by atoms with E-state index < -0.39 is 7.82 Å². The molecule has 3 aromatic carbocycles. The molecule has 0 aliphatic carbocycles. The molecule has 0 spiro atoms. The fourth-order valence-electron chi connectivity index (χ4n) is 2.65. The quantitative estimate of drug-likeness (QED) is 0.276. The number of carbonyl (C=O) groups is 3. The number of phosphoric acid groups is 1. The largest absolute Gasteiger partial charge is 0.475 e. The zero-order chi connectivity index (χ0) is 22.8. The van der Waals surface area contributed by atoms with Crippen molar-refractivity contribution in [1.82, 2.24) is 0 Å². The molecule has 3 rings (SSSR count). The van der Waals surface area contributed by atoms with E-state index in [9.17, 15) is 18.9 Å². The average Bonchev–Trinajstić information content (AvgIpc) is 2.86. The van der Waals surface area contributed by atoms with Gasteiger partial charge in [-0.25, -0.2) is 4.57 Å².